The van der Waals surface area contributed by atoms with E-state index in [-0.39, 0.29) is 0 Å². The first kappa shape index (κ1) is 15.5. The van der Waals surface area contributed by atoms with Crippen LogP contribution in [0.2, 0.25) is 0 Å². The van der Waals surface area contributed by atoms with E-state index in [4.69, 9.17) is 0 Å². The van der Waals surface area contributed by atoms with Crippen molar-refractivity contribution in [2.75, 3.05) is 23.7 Å². The Hall–Kier alpha value is -0.840. The molecule has 0 unspecified atom stereocenters. The van der Waals surface area contributed by atoms with E-state index in [1.807, 2.05) is 0 Å². The van der Waals surface area contributed by atoms with Gasteiger partial charge in [-0.05, 0) is 39.1 Å². The lowest BCUT2D eigenvalue weighted by Gasteiger charge is -2.12. The molecule has 1 aromatic rings. The first-order valence-corrected chi connectivity index (χ1v) is 8.10. The fourth-order valence-corrected chi connectivity index (χ4v) is 3.39. The molecule has 2 rings (SSSR count). The molecule has 5 heteroatoms. The zero-order valence-corrected chi connectivity index (χ0v) is 14.6. The van der Waals surface area contributed by atoms with E-state index in [0.29, 0.717) is 16.7 Å². The number of rotatable bonds is 6. The SMILES string of the molecule is CCCNc1ncnc(NCC2C(C)(C)C2(C)C)c1Br. The summed E-state index contributed by atoms with van der Waals surface area (Å²) >= 11 is 3.59. The fourth-order valence-electron chi connectivity index (χ4n) is 2.90. The molecule has 0 radical (unpaired) electrons. The highest BCUT2D eigenvalue weighted by Gasteiger charge is 2.64. The van der Waals surface area contributed by atoms with Crippen molar-refractivity contribution in [3.05, 3.63) is 10.8 Å². The minimum Gasteiger partial charge on any atom is -0.369 e. The normalized spacial score (nSPS) is 19.7. The van der Waals surface area contributed by atoms with Gasteiger partial charge in [0.2, 0.25) is 0 Å². The fraction of sp³-hybridized carbons (Fsp3) is 0.733. The molecule has 1 fully saturated rings. The van der Waals surface area contributed by atoms with Crippen LogP contribution in [0, 0.1) is 16.7 Å². The number of halogens is 1. The van der Waals surface area contributed by atoms with E-state index in [2.05, 4.69) is 71.2 Å². The zero-order chi connectivity index (χ0) is 15.0. The Morgan fingerprint density at radius 2 is 1.65 bits per heavy atom. The van der Waals surface area contributed by atoms with E-state index in [0.717, 1.165) is 35.6 Å². The van der Waals surface area contributed by atoms with Crippen LogP contribution in [0.5, 0.6) is 0 Å². The van der Waals surface area contributed by atoms with E-state index >= 15 is 0 Å². The molecule has 1 aliphatic rings. The molecule has 1 aromatic heterocycles. The van der Waals surface area contributed by atoms with Gasteiger partial charge in [-0.25, -0.2) is 9.97 Å². The quantitative estimate of drug-likeness (QED) is 0.816. The summed E-state index contributed by atoms with van der Waals surface area (Å²) in [5.74, 6) is 2.40. The van der Waals surface area contributed by atoms with Crippen LogP contribution in [0.1, 0.15) is 41.0 Å². The van der Waals surface area contributed by atoms with Crippen molar-refractivity contribution < 1.29 is 0 Å². The second-order valence-corrected chi connectivity index (χ2v) is 7.48. The largest absolute Gasteiger partial charge is 0.369 e. The highest BCUT2D eigenvalue weighted by Crippen LogP contribution is 2.68. The summed E-state index contributed by atoms with van der Waals surface area (Å²) in [5.41, 5.74) is 0.783. The Bertz CT molecular complexity index is 471. The molecular formula is C15H25BrN4. The molecule has 112 valence electrons. The number of hydrogen-bond donors (Lipinski definition) is 2. The van der Waals surface area contributed by atoms with Crippen LogP contribution < -0.4 is 10.6 Å². The third kappa shape index (κ3) is 2.65. The van der Waals surface area contributed by atoms with Crippen LogP contribution in [0.15, 0.2) is 10.8 Å². The number of aromatic nitrogens is 2. The van der Waals surface area contributed by atoms with Crippen molar-refractivity contribution in [3.63, 3.8) is 0 Å². The van der Waals surface area contributed by atoms with Crippen LogP contribution >= 0.6 is 15.9 Å². The van der Waals surface area contributed by atoms with Gasteiger partial charge in [0.25, 0.3) is 0 Å². The van der Waals surface area contributed by atoms with E-state index in [1.165, 1.54) is 0 Å². The average molecular weight is 341 g/mol. The highest BCUT2D eigenvalue weighted by atomic mass is 79.9. The zero-order valence-electron chi connectivity index (χ0n) is 13.0. The molecule has 0 aromatic carbocycles. The number of hydrogen-bond acceptors (Lipinski definition) is 4. The Morgan fingerprint density at radius 3 is 2.15 bits per heavy atom. The molecule has 0 bridgehead atoms. The average Bonchev–Trinajstić information content (AvgIpc) is 2.77. The highest BCUT2D eigenvalue weighted by molar-refractivity contribution is 9.10. The summed E-state index contributed by atoms with van der Waals surface area (Å²) in [5, 5.41) is 6.77. The molecule has 0 saturated heterocycles. The van der Waals surface area contributed by atoms with E-state index in [1.54, 1.807) is 6.33 Å². The second kappa shape index (κ2) is 5.51. The molecule has 20 heavy (non-hydrogen) atoms. The minimum absolute atomic E-state index is 0.392. The Morgan fingerprint density at radius 1 is 1.10 bits per heavy atom. The van der Waals surface area contributed by atoms with Crippen LogP contribution in [0.4, 0.5) is 11.6 Å². The number of nitrogens with zero attached hydrogens (tertiary/aromatic N) is 2. The van der Waals surface area contributed by atoms with Crippen molar-refractivity contribution in [1.29, 1.82) is 0 Å². The molecule has 0 amide bonds. The van der Waals surface area contributed by atoms with Gasteiger partial charge in [-0.2, -0.15) is 0 Å². The molecule has 0 atom stereocenters. The topological polar surface area (TPSA) is 49.8 Å². The summed E-state index contributed by atoms with van der Waals surface area (Å²) in [7, 11) is 0. The van der Waals surface area contributed by atoms with Crippen molar-refractivity contribution in [3.8, 4) is 0 Å². The molecule has 0 aliphatic heterocycles. The van der Waals surface area contributed by atoms with Gasteiger partial charge in [0.15, 0.2) is 0 Å². The Labute approximate surface area is 130 Å². The van der Waals surface area contributed by atoms with Gasteiger partial charge in [-0.1, -0.05) is 34.6 Å². The first-order valence-electron chi connectivity index (χ1n) is 7.30. The van der Waals surface area contributed by atoms with Gasteiger partial charge in [-0.3, -0.25) is 0 Å². The maximum absolute atomic E-state index is 4.33. The standard InChI is InChI=1S/C15H25BrN4/c1-6-7-17-12-11(16)13(20-9-19-12)18-8-10-14(2,3)15(10,4)5/h9-10H,6-8H2,1-5H3,(H2,17,18,19,20). The summed E-state index contributed by atoms with van der Waals surface area (Å²) in [6, 6.07) is 0. The van der Waals surface area contributed by atoms with Gasteiger partial charge < -0.3 is 10.6 Å². The van der Waals surface area contributed by atoms with Gasteiger partial charge in [0, 0.05) is 13.1 Å². The molecule has 0 spiro atoms. The van der Waals surface area contributed by atoms with E-state index < -0.39 is 0 Å². The second-order valence-electron chi connectivity index (χ2n) is 6.69. The number of anilines is 2. The Balaban J connectivity index is 2.01. The van der Waals surface area contributed by atoms with Gasteiger partial charge in [-0.15, -0.1) is 0 Å². The maximum Gasteiger partial charge on any atom is 0.145 e. The number of nitrogens with one attached hydrogen (secondary N) is 2. The molecule has 1 aliphatic carbocycles. The van der Waals surface area contributed by atoms with Crippen LogP contribution in [0.25, 0.3) is 0 Å². The molecule has 4 nitrogen and oxygen atoms in total. The summed E-state index contributed by atoms with van der Waals surface area (Å²) in [4.78, 5) is 8.60. The first-order chi connectivity index (χ1) is 9.32. The van der Waals surface area contributed by atoms with Crippen LogP contribution in [0.3, 0.4) is 0 Å². The molecule has 1 saturated carbocycles. The lowest BCUT2D eigenvalue weighted by molar-refractivity contribution is 0.457. The van der Waals surface area contributed by atoms with Gasteiger partial charge >= 0.3 is 0 Å². The third-order valence-corrected chi connectivity index (χ3v) is 5.88. The summed E-state index contributed by atoms with van der Waals surface area (Å²) < 4.78 is 0.921. The lowest BCUT2D eigenvalue weighted by atomic mass is 10.0. The van der Waals surface area contributed by atoms with Crippen LogP contribution in [-0.4, -0.2) is 23.1 Å². The monoisotopic (exact) mass is 340 g/mol. The van der Waals surface area contributed by atoms with Crippen molar-refractivity contribution >= 4 is 27.6 Å². The van der Waals surface area contributed by atoms with Crippen molar-refractivity contribution in [1.82, 2.24) is 9.97 Å². The smallest absolute Gasteiger partial charge is 0.145 e. The maximum atomic E-state index is 4.33. The lowest BCUT2D eigenvalue weighted by Crippen LogP contribution is -2.11. The molecule has 2 N–H and O–H groups in total. The minimum atomic E-state index is 0.392. The van der Waals surface area contributed by atoms with Gasteiger partial charge in [0.1, 0.15) is 22.4 Å². The van der Waals surface area contributed by atoms with E-state index in [9.17, 15) is 0 Å². The van der Waals surface area contributed by atoms with Gasteiger partial charge in [0.05, 0.1) is 0 Å². The van der Waals surface area contributed by atoms with Crippen molar-refractivity contribution in [2.24, 2.45) is 16.7 Å². The third-order valence-electron chi connectivity index (χ3n) is 5.13. The predicted molar refractivity (Wildman–Crippen MR) is 88.1 cm³/mol. The molecular weight excluding hydrogens is 316 g/mol. The van der Waals surface area contributed by atoms with Crippen molar-refractivity contribution in [2.45, 2.75) is 41.0 Å². The predicted octanol–water partition coefficient (Wildman–Crippen LogP) is 4.16. The summed E-state index contributed by atoms with van der Waals surface area (Å²) in [6.45, 7) is 13.3. The molecule has 1 heterocycles. The summed E-state index contributed by atoms with van der Waals surface area (Å²) in [6.07, 6.45) is 2.68. The Kier molecular flexibility index (Phi) is 4.28. The van der Waals surface area contributed by atoms with Crippen LogP contribution in [-0.2, 0) is 0 Å².